The third-order valence-corrected chi connectivity index (χ3v) is 3.35. The second-order valence-electron chi connectivity index (χ2n) is 5.10. The summed E-state index contributed by atoms with van der Waals surface area (Å²) in [6.07, 6.45) is 3.68. The van der Waals surface area contributed by atoms with Gasteiger partial charge in [0.2, 0.25) is 0 Å². The fraction of sp³-hybridized carbons (Fsp3) is 0.312. The summed E-state index contributed by atoms with van der Waals surface area (Å²) in [5, 5.41) is 19.1. The van der Waals surface area contributed by atoms with Crippen molar-refractivity contribution >= 4 is 17.5 Å². The Balaban J connectivity index is 1.87. The highest BCUT2D eigenvalue weighted by Crippen LogP contribution is 2.01. The number of nitrogens with one attached hydrogen (secondary N) is 3. The van der Waals surface area contributed by atoms with Gasteiger partial charge in [0, 0.05) is 32.6 Å². The molecule has 0 spiro atoms. The number of hydrogen-bond donors (Lipinski definition) is 4. The molecule has 1 aliphatic rings. The molecule has 0 aliphatic carbocycles. The van der Waals surface area contributed by atoms with E-state index >= 15 is 0 Å². The van der Waals surface area contributed by atoms with Crippen LogP contribution in [0.2, 0.25) is 0 Å². The molecule has 1 saturated heterocycles. The van der Waals surface area contributed by atoms with E-state index in [0.29, 0.717) is 12.3 Å². The SMILES string of the molecule is N=C(Cc1ccccc1)N=C(N)/C=C\C(=N)N1CCNCC1. The van der Waals surface area contributed by atoms with Crippen molar-refractivity contribution in [2.45, 2.75) is 6.42 Å². The number of benzene rings is 1. The maximum atomic E-state index is 7.99. The number of aliphatic imine (C=N–C) groups is 1. The molecule has 116 valence electrons. The van der Waals surface area contributed by atoms with Crippen molar-refractivity contribution in [3.63, 3.8) is 0 Å². The van der Waals surface area contributed by atoms with E-state index in [2.05, 4.69) is 10.3 Å². The molecular formula is C16H22N6. The minimum absolute atomic E-state index is 0.210. The van der Waals surface area contributed by atoms with Gasteiger partial charge in [-0.15, -0.1) is 0 Å². The molecule has 6 nitrogen and oxygen atoms in total. The van der Waals surface area contributed by atoms with E-state index in [4.69, 9.17) is 16.6 Å². The first-order valence-electron chi connectivity index (χ1n) is 7.33. The molecule has 0 unspecified atom stereocenters. The number of amidine groups is 3. The van der Waals surface area contributed by atoms with Crippen LogP contribution in [0, 0.1) is 10.8 Å². The Bertz CT molecular complexity index is 570. The molecule has 0 bridgehead atoms. The highest BCUT2D eigenvalue weighted by molar-refractivity contribution is 6.04. The van der Waals surface area contributed by atoms with Crippen LogP contribution >= 0.6 is 0 Å². The van der Waals surface area contributed by atoms with Gasteiger partial charge in [-0.3, -0.25) is 10.8 Å². The summed E-state index contributed by atoms with van der Waals surface area (Å²) in [5.74, 6) is 0.886. The number of piperazine rings is 1. The molecule has 2 rings (SSSR count). The largest absolute Gasteiger partial charge is 0.384 e. The van der Waals surface area contributed by atoms with Gasteiger partial charge in [0.25, 0.3) is 0 Å². The monoisotopic (exact) mass is 298 g/mol. The average molecular weight is 298 g/mol. The van der Waals surface area contributed by atoms with Gasteiger partial charge in [-0.2, -0.15) is 0 Å². The van der Waals surface area contributed by atoms with Gasteiger partial charge in [0.1, 0.15) is 17.5 Å². The quantitative estimate of drug-likeness (QED) is 0.493. The molecule has 1 aromatic carbocycles. The Morgan fingerprint density at radius 3 is 2.55 bits per heavy atom. The highest BCUT2D eigenvalue weighted by atomic mass is 15.2. The smallest absolute Gasteiger partial charge is 0.127 e. The topological polar surface area (TPSA) is 101 Å². The van der Waals surface area contributed by atoms with E-state index in [-0.39, 0.29) is 11.7 Å². The standard InChI is InChI=1S/C16H22N6/c17-14(6-7-16(19)22-10-8-20-9-11-22)21-15(18)12-13-4-2-1-3-5-13/h1-7,19-20H,8-12H2,(H3,17,18,21)/b7-6-,19-16?. The second kappa shape index (κ2) is 8.09. The summed E-state index contributed by atoms with van der Waals surface area (Å²) in [4.78, 5) is 6.03. The van der Waals surface area contributed by atoms with Gasteiger partial charge in [0.15, 0.2) is 0 Å². The lowest BCUT2D eigenvalue weighted by Gasteiger charge is -2.28. The number of nitrogens with zero attached hydrogens (tertiary/aromatic N) is 2. The van der Waals surface area contributed by atoms with E-state index in [9.17, 15) is 0 Å². The molecule has 1 fully saturated rings. The molecule has 0 radical (unpaired) electrons. The van der Waals surface area contributed by atoms with E-state index < -0.39 is 0 Å². The van der Waals surface area contributed by atoms with Crippen molar-refractivity contribution < 1.29 is 0 Å². The Morgan fingerprint density at radius 2 is 1.86 bits per heavy atom. The minimum Gasteiger partial charge on any atom is -0.384 e. The van der Waals surface area contributed by atoms with Crippen LogP contribution in [0.1, 0.15) is 5.56 Å². The van der Waals surface area contributed by atoms with Crippen molar-refractivity contribution in [2.24, 2.45) is 10.7 Å². The van der Waals surface area contributed by atoms with E-state index in [0.717, 1.165) is 31.7 Å². The predicted octanol–water partition coefficient (Wildman–Crippen LogP) is 1.00. The van der Waals surface area contributed by atoms with Gasteiger partial charge in [-0.25, -0.2) is 4.99 Å². The molecule has 6 heteroatoms. The Hall–Kier alpha value is -2.47. The Labute approximate surface area is 130 Å². The maximum Gasteiger partial charge on any atom is 0.127 e. The molecule has 1 heterocycles. The number of rotatable bonds is 4. The first-order valence-corrected chi connectivity index (χ1v) is 7.33. The van der Waals surface area contributed by atoms with Crippen molar-refractivity contribution in [1.29, 1.82) is 10.8 Å². The molecule has 0 amide bonds. The summed E-state index contributed by atoms with van der Waals surface area (Å²) < 4.78 is 0. The zero-order valence-corrected chi connectivity index (χ0v) is 12.5. The molecule has 5 N–H and O–H groups in total. The lowest BCUT2D eigenvalue weighted by Crippen LogP contribution is -2.45. The molecule has 0 saturated carbocycles. The third-order valence-electron chi connectivity index (χ3n) is 3.35. The van der Waals surface area contributed by atoms with Crippen LogP contribution in [0.15, 0.2) is 47.5 Å². The molecule has 0 atom stereocenters. The number of hydrogen-bond acceptors (Lipinski definition) is 3. The summed E-state index contributed by atoms with van der Waals surface area (Å²) in [7, 11) is 0. The zero-order valence-electron chi connectivity index (χ0n) is 12.5. The summed E-state index contributed by atoms with van der Waals surface area (Å²) in [5.41, 5.74) is 6.83. The maximum absolute atomic E-state index is 7.99. The van der Waals surface area contributed by atoms with Crippen LogP contribution in [0.25, 0.3) is 0 Å². The zero-order chi connectivity index (χ0) is 15.8. The van der Waals surface area contributed by atoms with Gasteiger partial charge >= 0.3 is 0 Å². The van der Waals surface area contributed by atoms with Crippen LogP contribution in [-0.4, -0.2) is 48.6 Å². The normalized spacial score (nSPS) is 16.0. The Kier molecular flexibility index (Phi) is 5.85. The van der Waals surface area contributed by atoms with Crippen molar-refractivity contribution in [2.75, 3.05) is 26.2 Å². The predicted molar refractivity (Wildman–Crippen MR) is 90.8 cm³/mol. The van der Waals surface area contributed by atoms with E-state index in [1.165, 1.54) is 0 Å². The highest BCUT2D eigenvalue weighted by Gasteiger charge is 2.10. The fourth-order valence-corrected chi connectivity index (χ4v) is 2.20. The summed E-state index contributed by atoms with van der Waals surface area (Å²) >= 11 is 0. The van der Waals surface area contributed by atoms with Crippen LogP contribution in [0.3, 0.4) is 0 Å². The van der Waals surface area contributed by atoms with Crippen LogP contribution in [-0.2, 0) is 6.42 Å². The molecule has 0 aromatic heterocycles. The van der Waals surface area contributed by atoms with Crippen LogP contribution in [0.4, 0.5) is 0 Å². The molecule has 1 aromatic rings. The van der Waals surface area contributed by atoms with Gasteiger partial charge in [0.05, 0.1) is 0 Å². The molecular weight excluding hydrogens is 276 g/mol. The lowest BCUT2D eigenvalue weighted by molar-refractivity contribution is 0.357. The first-order chi connectivity index (χ1) is 10.6. The molecule has 22 heavy (non-hydrogen) atoms. The third kappa shape index (κ3) is 5.14. The van der Waals surface area contributed by atoms with Crippen LogP contribution < -0.4 is 11.1 Å². The summed E-state index contributed by atoms with van der Waals surface area (Å²) in [6.45, 7) is 3.43. The van der Waals surface area contributed by atoms with E-state index in [1.807, 2.05) is 35.2 Å². The van der Waals surface area contributed by atoms with E-state index in [1.54, 1.807) is 12.2 Å². The first kappa shape index (κ1) is 15.9. The Morgan fingerprint density at radius 1 is 1.18 bits per heavy atom. The van der Waals surface area contributed by atoms with Gasteiger partial charge < -0.3 is 16.0 Å². The van der Waals surface area contributed by atoms with Gasteiger partial charge in [-0.05, 0) is 17.7 Å². The van der Waals surface area contributed by atoms with Crippen molar-refractivity contribution in [3.05, 3.63) is 48.0 Å². The summed E-state index contributed by atoms with van der Waals surface area (Å²) in [6, 6.07) is 9.72. The van der Waals surface area contributed by atoms with Crippen molar-refractivity contribution in [1.82, 2.24) is 10.2 Å². The van der Waals surface area contributed by atoms with Crippen LogP contribution in [0.5, 0.6) is 0 Å². The second-order valence-corrected chi connectivity index (χ2v) is 5.10. The van der Waals surface area contributed by atoms with Crippen molar-refractivity contribution in [3.8, 4) is 0 Å². The minimum atomic E-state index is 0.210. The lowest BCUT2D eigenvalue weighted by atomic mass is 10.1. The fourth-order valence-electron chi connectivity index (χ4n) is 2.20. The number of nitrogens with two attached hydrogens (primary N) is 1. The average Bonchev–Trinajstić information content (AvgIpc) is 2.54. The van der Waals surface area contributed by atoms with Gasteiger partial charge in [-0.1, -0.05) is 30.3 Å². The molecule has 1 aliphatic heterocycles.